The highest BCUT2D eigenvalue weighted by atomic mass is 79.9. The normalized spacial score (nSPS) is 10.7. The second kappa shape index (κ2) is 8.93. The minimum atomic E-state index is -1.17. The first-order chi connectivity index (χ1) is 13.7. The van der Waals surface area contributed by atoms with Gasteiger partial charge in [-0.25, -0.2) is 4.79 Å². The zero-order valence-corrected chi connectivity index (χ0v) is 19.2. The lowest BCUT2D eigenvalue weighted by molar-refractivity contribution is 0.0699. The first-order valence-corrected chi connectivity index (χ1v) is 10.7. The number of hydrogen-bond acceptors (Lipinski definition) is 4. The number of rotatable bonds is 5. The molecule has 0 aliphatic carbocycles. The number of nitrogens with one attached hydrogen (secondary N) is 1. The second-order valence-corrected chi connectivity index (χ2v) is 8.65. The number of carbonyl (C=O) groups excluding carboxylic acids is 1. The molecule has 0 fully saturated rings. The van der Waals surface area contributed by atoms with E-state index in [1.54, 1.807) is 29.6 Å². The zero-order chi connectivity index (χ0) is 21.3. The van der Waals surface area contributed by atoms with Crippen molar-refractivity contribution in [3.8, 4) is 16.2 Å². The zero-order valence-electron chi connectivity index (χ0n) is 14.6. The highest BCUT2D eigenvalue weighted by molar-refractivity contribution is 9.10. The Hall–Kier alpha value is -1.77. The Morgan fingerprint density at radius 2 is 1.79 bits per heavy atom. The largest absolute Gasteiger partial charge is 0.494 e. The Bertz CT molecular complexity index is 1120. The van der Waals surface area contributed by atoms with Gasteiger partial charge >= 0.3 is 5.97 Å². The summed E-state index contributed by atoms with van der Waals surface area (Å²) in [5.74, 6) is -1.67. The molecule has 0 aliphatic rings. The summed E-state index contributed by atoms with van der Waals surface area (Å²) in [5.41, 5.74) is 0.830. The summed E-state index contributed by atoms with van der Waals surface area (Å²) in [4.78, 5) is 25.1. The van der Waals surface area contributed by atoms with E-state index in [0.717, 1.165) is 4.47 Å². The van der Waals surface area contributed by atoms with Gasteiger partial charge in [-0.05, 0) is 23.8 Å². The number of hydrogen-bond donors (Lipinski definition) is 2. The first-order valence-electron chi connectivity index (χ1n) is 7.88. The van der Waals surface area contributed by atoms with Crippen molar-refractivity contribution in [2.45, 2.75) is 0 Å². The smallest absolute Gasteiger partial charge is 0.339 e. The Balaban J connectivity index is 2.00. The maximum atomic E-state index is 12.8. The van der Waals surface area contributed by atoms with Crippen molar-refractivity contribution in [1.29, 1.82) is 0 Å². The van der Waals surface area contributed by atoms with Gasteiger partial charge in [0.2, 0.25) is 0 Å². The molecule has 1 aromatic heterocycles. The summed E-state index contributed by atoms with van der Waals surface area (Å²) in [6.07, 6.45) is 0. The van der Waals surface area contributed by atoms with Gasteiger partial charge in [-0.1, -0.05) is 62.9 Å². The maximum Gasteiger partial charge on any atom is 0.339 e. The number of methoxy groups -OCH3 is 1. The number of thiophene rings is 1. The van der Waals surface area contributed by atoms with Gasteiger partial charge in [0.05, 0.1) is 33.3 Å². The molecule has 150 valence electrons. The van der Waals surface area contributed by atoms with Crippen LogP contribution in [0.5, 0.6) is 5.75 Å². The van der Waals surface area contributed by atoms with E-state index in [4.69, 9.17) is 39.5 Å². The fraction of sp³-hybridized carbons (Fsp3) is 0.0526. The molecule has 3 aromatic rings. The minimum Gasteiger partial charge on any atom is -0.494 e. The third kappa shape index (κ3) is 4.39. The molecule has 1 amide bonds. The number of aromatic carboxylic acids is 1. The highest BCUT2D eigenvalue weighted by Crippen LogP contribution is 2.41. The summed E-state index contributed by atoms with van der Waals surface area (Å²) >= 11 is 22.9. The minimum absolute atomic E-state index is 0.00445. The average Bonchev–Trinajstić information content (AvgIpc) is 3.09. The van der Waals surface area contributed by atoms with E-state index < -0.39 is 11.9 Å². The lowest BCUT2D eigenvalue weighted by Crippen LogP contribution is -2.15. The van der Waals surface area contributed by atoms with Gasteiger partial charge in [0.1, 0.15) is 10.6 Å². The van der Waals surface area contributed by atoms with Crippen molar-refractivity contribution in [1.82, 2.24) is 0 Å². The third-order valence-corrected chi connectivity index (χ3v) is 6.61. The molecule has 5 nitrogen and oxygen atoms in total. The van der Waals surface area contributed by atoms with Crippen LogP contribution in [-0.4, -0.2) is 24.1 Å². The molecule has 2 aromatic carbocycles. The molecular weight excluding hydrogens is 525 g/mol. The predicted molar refractivity (Wildman–Crippen MR) is 120 cm³/mol. The van der Waals surface area contributed by atoms with Crippen molar-refractivity contribution in [2.75, 3.05) is 12.4 Å². The van der Waals surface area contributed by atoms with E-state index in [2.05, 4.69) is 21.2 Å². The number of amides is 1. The fourth-order valence-corrected chi connectivity index (χ4v) is 4.70. The van der Waals surface area contributed by atoms with Gasteiger partial charge in [0, 0.05) is 9.85 Å². The summed E-state index contributed by atoms with van der Waals surface area (Å²) in [6.45, 7) is 0. The molecule has 29 heavy (non-hydrogen) atoms. The lowest BCUT2D eigenvalue weighted by Gasteiger charge is -2.12. The van der Waals surface area contributed by atoms with Crippen molar-refractivity contribution < 1.29 is 19.4 Å². The van der Waals surface area contributed by atoms with Crippen molar-refractivity contribution in [2.24, 2.45) is 0 Å². The van der Waals surface area contributed by atoms with Crippen molar-refractivity contribution in [3.05, 3.63) is 66.4 Å². The Kier molecular flexibility index (Phi) is 6.76. The third-order valence-electron chi connectivity index (χ3n) is 3.92. The predicted octanol–water partition coefficient (Wildman–Crippen LogP) is 7.10. The van der Waals surface area contributed by atoms with Crippen LogP contribution in [0.15, 0.2) is 40.2 Å². The Morgan fingerprint density at radius 1 is 1.14 bits per heavy atom. The molecule has 0 radical (unpaired) electrons. The summed E-state index contributed by atoms with van der Waals surface area (Å²) < 4.78 is 5.93. The van der Waals surface area contributed by atoms with Crippen LogP contribution in [0, 0.1) is 0 Å². The fourth-order valence-electron chi connectivity index (χ4n) is 2.60. The number of benzene rings is 2. The molecule has 0 spiro atoms. The van der Waals surface area contributed by atoms with E-state index in [0.29, 0.717) is 10.4 Å². The second-order valence-electron chi connectivity index (χ2n) is 5.69. The molecule has 0 saturated heterocycles. The monoisotopic (exact) mass is 533 g/mol. The molecule has 0 saturated carbocycles. The Morgan fingerprint density at radius 3 is 2.38 bits per heavy atom. The molecule has 0 aliphatic heterocycles. The van der Waals surface area contributed by atoms with E-state index in [9.17, 15) is 14.7 Å². The summed E-state index contributed by atoms with van der Waals surface area (Å²) in [5, 5.41) is 13.9. The SMILES string of the molecule is COc1c(Cl)cc(C(=O)Nc2csc(-c3ccc(Br)cc3)c2C(=O)O)c(Cl)c1Cl. The number of carboxylic acids is 1. The lowest BCUT2D eigenvalue weighted by atomic mass is 10.1. The molecule has 0 unspecified atom stereocenters. The van der Waals surface area contributed by atoms with Gasteiger partial charge in [0.25, 0.3) is 5.91 Å². The number of carbonyl (C=O) groups is 2. The Labute approximate surface area is 193 Å². The number of ether oxygens (including phenoxy) is 1. The van der Waals surface area contributed by atoms with E-state index >= 15 is 0 Å². The van der Waals surface area contributed by atoms with Gasteiger partial charge in [0.15, 0.2) is 5.75 Å². The summed E-state index contributed by atoms with van der Waals surface area (Å²) in [7, 11) is 1.37. The van der Waals surface area contributed by atoms with Gasteiger partial charge in [-0.2, -0.15) is 0 Å². The molecule has 3 rings (SSSR count). The van der Waals surface area contributed by atoms with Crippen molar-refractivity contribution >= 4 is 79.6 Å². The molecule has 10 heteroatoms. The van der Waals surface area contributed by atoms with Gasteiger partial charge < -0.3 is 15.2 Å². The van der Waals surface area contributed by atoms with Crippen LogP contribution in [0.3, 0.4) is 0 Å². The molecule has 0 atom stereocenters. The van der Waals surface area contributed by atoms with Crippen LogP contribution in [0.4, 0.5) is 5.69 Å². The highest BCUT2D eigenvalue weighted by Gasteiger charge is 2.24. The quantitative estimate of drug-likeness (QED) is 0.342. The van der Waals surface area contributed by atoms with E-state index in [1.165, 1.54) is 24.5 Å². The van der Waals surface area contributed by atoms with Crippen LogP contribution >= 0.6 is 62.1 Å². The average molecular weight is 536 g/mol. The van der Waals surface area contributed by atoms with Crippen LogP contribution in [-0.2, 0) is 0 Å². The standard InChI is InChI=1S/C19H11BrCl3NO4S/c1-28-16-11(21)6-10(14(22)15(16)23)18(25)24-12-7-29-17(13(12)19(26)27)8-2-4-9(20)5-3-8/h2-7H,1H3,(H,24,25)(H,26,27). The molecule has 1 heterocycles. The van der Waals surface area contributed by atoms with Gasteiger partial charge in [-0.3, -0.25) is 4.79 Å². The summed E-state index contributed by atoms with van der Waals surface area (Å²) in [6, 6.07) is 8.49. The van der Waals surface area contributed by atoms with Crippen LogP contribution in [0.25, 0.3) is 10.4 Å². The maximum absolute atomic E-state index is 12.8. The van der Waals surface area contributed by atoms with Gasteiger partial charge in [-0.15, -0.1) is 11.3 Å². The topological polar surface area (TPSA) is 75.6 Å². The molecule has 0 bridgehead atoms. The number of carboxylic acid groups (broad SMARTS) is 1. The molecule has 2 N–H and O–H groups in total. The number of anilines is 1. The van der Waals surface area contributed by atoms with Crippen molar-refractivity contribution in [3.63, 3.8) is 0 Å². The number of halogens is 4. The van der Waals surface area contributed by atoms with E-state index in [-0.39, 0.29) is 37.6 Å². The van der Waals surface area contributed by atoms with Crippen LogP contribution < -0.4 is 10.1 Å². The van der Waals surface area contributed by atoms with Crippen LogP contribution in [0.2, 0.25) is 15.1 Å². The molecular formula is C19H11BrCl3NO4S. The van der Waals surface area contributed by atoms with Crippen LogP contribution in [0.1, 0.15) is 20.7 Å². The first kappa shape index (κ1) is 21.9. The van der Waals surface area contributed by atoms with E-state index in [1.807, 2.05) is 0 Å².